The second-order valence-corrected chi connectivity index (χ2v) is 5.15. The third-order valence-corrected chi connectivity index (χ3v) is 3.86. The summed E-state index contributed by atoms with van der Waals surface area (Å²) in [5.41, 5.74) is 4.66. The molecule has 1 aromatic heterocycles. The first kappa shape index (κ1) is 12.1. The summed E-state index contributed by atoms with van der Waals surface area (Å²) in [5, 5.41) is 0. The maximum absolute atomic E-state index is 3.29. The summed E-state index contributed by atoms with van der Waals surface area (Å²) in [6, 6.07) is 12.8. The summed E-state index contributed by atoms with van der Waals surface area (Å²) in [4.78, 5) is 7.86. The number of aromatic nitrogens is 1. The molecule has 2 nitrogen and oxygen atoms in total. The maximum Gasteiger partial charge on any atom is 0.213 e. The summed E-state index contributed by atoms with van der Waals surface area (Å²) >= 11 is 1.76. The lowest BCUT2D eigenvalue weighted by molar-refractivity contribution is -0.379. The van der Waals surface area contributed by atoms with Crippen LogP contribution >= 0.6 is 11.8 Å². The summed E-state index contributed by atoms with van der Waals surface area (Å²) in [6.45, 7) is 0. The molecule has 1 aliphatic rings. The van der Waals surface area contributed by atoms with Crippen molar-refractivity contribution >= 4 is 23.5 Å². The Labute approximate surface area is 117 Å². The molecule has 0 spiro atoms. The molecule has 3 rings (SSSR count). The van der Waals surface area contributed by atoms with Crippen molar-refractivity contribution in [3.8, 4) is 0 Å². The first-order valence-electron chi connectivity index (χ1n) is 6.17. The highest BCUT2D eigenvalue weighted by atomic mass is 32.2. The summed E-state index contributed by atoms with van der Waals surface area (Å²) < 4.78 is 0. The van der Waals surface area contributed by atoms with Crippen LogP contribution in [0.25, 0.3) is 5.57 Å². The first-order valence-corrected chi connectivity index (χ1v) is 7.40. The molecule has 2 N–H and O–H groups in total. The molecule has 1 aromatic carbocycles. The second-order valence-electron chi connectivity index (χ2n) is 4.27. The van der Waals surface area contributed by atoms with Crippen LogP contribution in [0.2, 0.25) is 0 Å². The fraction of sp³-hybridized carbons (Fsp3) is 0.0625. The van der Waals surface area contributed by atoms with Gasteiger partial charge >= 0.3 is 0 Å². The van der Waals surface area contributed by atoms with E-state index in [0.717, 1.165) is 11.4 Å². The van der Waals surface area contributed by atoms with Crippen LogP contribution < -0.4 is 4.99 Å². The van der Waals surface area contributed by atoms with Crippen LogP contribution in [-0.4, -0.2) is 17.5 Å². The van der Waals surface area contributed by atoms with Crippen molar-refractivity contribution in [3.05, 3.63) is 71.7 Å². The Morgan fingerprint density at radius 1 is 1.16 bits per heavy atom. The maximum atomic E-state index is 3.29. The number of aromatic amines is 1. The fourth-order valence-electron chi connectivity index (χ4n) is 2.19. The van der Waals surface area contributed by atoms with Gasteiger partial charge in [0.05, 0.1) is 11.3 Å². The molecular weight excluding hydrogens is 252 g/mol. The highest BCUT2D eigenvalue weighted by molar-refractivity contribution is 7.98. The van der Waals surface area contributed by atoms with Crippen LogP contribution in [0.4, 0.5) is 0 Å². The van der Waals surface area contributed by atoms with Crippen LogP contribution in [0.15, 0.2) is 65.3 Å². The minimum atomic E-state index is 1.12. The van der Waals surface area contributed by atoms with Crippen LogP contribution in [0.5, 0.6) is 0 Å². The molecule has 2 aromatic rings. The van der Waals surface area contributed by atoms with Gasteiger partial charge in [-0.2, -0.15) is 0 Å². The average molecular weight is 267 g/mol. The molecule has 0 bridgehead atoms. The van der Waals surface area contributed by atoms with Crippen molar-refractivity contribution in [2.75, 3.05) is 6.26 Å². The molecule has 19 heavy (non-hydrogen) atoms. The van der Waals surface area contributed by atoms with Crippen LogP contribution in [-0.2, 0) is 0 Å². The van der Waals surface area contributed by atoms with E-state index in [1.165, 1.54) is 16.0 Å². The molecule has 3 heteroatoms. The van der Waals surface area contributed by atoms with Crippen molar-refractivity contribution in [2.24, 2.45) is 0 Å². The van der Waals surface area contributed by atoms with E-state index in [-0.39, 0.29) is 0 Å². The monoisotopic (exact) mass is 267 g/mol. The Hall–Kier alpha value is -2.00. The minimum absolute atomic E-state index is 1.12. The number of thioether (sulfide) groups is 1. The Kier molecular flexibility index (Phi) is 3.38. The lowest BCUT2D eigenvalue weighted by Gasteiger charge is -2.06. The predicted molar refractivity (Wildman–Crippen MR) is 81.2 cm³/mol. The molecule has 0 aliphatic carbocycles. The van der Waals surface area contributed by atoms with Gasteiger partial charge in [-0.15, -0.1) is 11.8 Å². The lowest BCUT2D eigenvalue weighted by atomic mass is 10.0. The predicted octanol–water partition coefficient (Wildman–Crippen LogP) is 2.22. The Morgan fingerprint density at radius 3 is 2.58 bits per heavy atom. The zero-order valence-corrected chi connectivity index (χ0v) is 11.5. The van der Waals surface area contributed by atoms with E-state index in [9.17, 15) is 0 Å². The van der Waals surface area contributed by atoms with Crippen molar-refractivity contribution < 1.29 is 4.99 Å². The zero-order chi connectivity index (χ0) is 13.1. The minimum Gasteiger partial charge on any atom is -0.361 e. The first-order chi connectivity index (χ1) is 9.38. The van der Waals surface area contributed by atoms with Crippen molar-refractivity contribution in [2.45, 2.75) is 4.90 Å². The SMILES string of the molecule is CSc1ccc(C(=C2C=CC=[NH+]2)c2ccc[nH]2)cc1. The van der Waals surface area contributed by atoms with Crippen LogP contribution in [0, 0.1) is 0 Å². The largest absolute Gasteiger partial charge is 0.361 e. The van der Waals surface area contributed by atoms with E-state index in [1.807, 2.05) is 24.6 Å². The molecule has 0 amide bonds. The highest BCUT2D eigenvalue weighted by Gasteiger charge is 2.16. The van der Waals surface area contributed by atoms with Crippen molar-refractivity contribution in [1.29, 1.82) is 0 Å². The summed E-state index contributed by atoms with van der Waals surface area (Å²) in [6.07, 6.45) is 10.1. The fourth-order valence-corrected chi connectivity index (χ4v) is 2.59. The van der Waals surface area contributed by atoms with E-state index in [4.69, 9.17) is 0 Å². The second kappa shape index (κ2) is 5.33. The smallest absolute Gasteiger partial charge is 0.213 e. The van der Waals surface area contributed by atoms with Crippen molar-refractivity contribution in [1.82, 2.24) is 4.98 Å². The molecule has 94 valence electrons. The van der Waals surface area contributed by atoms with Gasteiger partial charge in [-0.25, -0.2) is 4.99 Å². The standard InChI is InChI=1S/C16H14N2S/c1-19-13-8-6-12(7-9-13)16(14-4-2-10-17-14)15-5-3-11-18-15/h2-11,17H,1H3/p+1. The molecule has 2 heterocycles. The molecule has 0 atom stereocenters. The molecular formula is C16H15N2S+. The number of H-pyrrole nitrogens is 1. The van der Waals surface area contributed by atoms with Crippen LogP contribution in [0.1, 0.15) is 11.3 Å². The van der Waals surface area contributed by atoms with Gasteiger partial charge in [0.1, 0.15) is 0 Å². The van der Waals surface area contributed by atoms with Gasteiger partial charge in [-0.3, -0.25) is 0 Å². The number of benzene rings is 1. The number of hydrogen-bond donors (Lipinski definition) is 2. The molecule has 0 fully saturated rings. The van der Waals surface area contributed by atoms with Gasteiger partial charge in [0.2, 0.25) is 5.70 Å². The van der Waals surface area contributed by atoms with E-state index in [1.54, 1.807) is 11.8 Å². The molecule has 0 unspecified atom stereocenters. The normalized spacial score (nSPS) is 16.1. The van der Waals surface area contributed by atoms with Crippen molar-refractivity contribution in [3.63, 3.8) is 0 Å². The number of allylic oxidation sites excluding steroid dienone is 2. The van der Waals surface area contributed by atoms with Gasteiger partial charge in [0, 0.05) is 23.2 Å². The molecule has 0 saturated carbocycles. The zero-order valence-electron chi connectivity index (χ0n) is 10.7. The summed E-state index contributed by atoms with van der Waals surface area (Å²) in [7, 11) is 0. The topological polar surface area (TPSA) is 29.8 Å². The number of nitrogens with one attached hydrogen (secondary N) is 2. The van der Waals surface area contributed by atoms with Gasteiger partial charge in [0.25, 0.3) is 0 Å². The number of rotatable bonds is 3. The van der Waals surface area contributed by atoms with E-state index in [0.29, 0.717) is 0 Å². The van der Waals surface area contributed by atoms with Crippen LogP contribution in [0.3, 0.4) is 0 Å². The number of hydrogen-bond acceptors (Lipinski definition) is 1. The highest BCUT2D eigenvalue weighted by Crippen LogP contribution is 2.26. The quantitative estimate of drug-likeness (QED) is 0.821. The molecule has 0 radical (unpaired) electrons. The average Bonchev–Trinajstić information content (AvgIpc) is 3.13. The van der Waals surface area contributed by atoms with Gasteiger partial charge < -0.3 is 4.98 Å². The van der Waals surface area contributed by atoms with E-state index in [2.05, 4.69) is 52.6 Å². The van der Waals surface area contributed by atoms with Gasteiger partial charge in [-0.1, -0.05) is 12.1 Å². The van der Waals surface area contributed by atoms with Gasteiger partial charge in [-0.05, 0) is 36.1 Å². The third-order valence-electron chi connectivity index (χ3n) is 3.11. The van der Waals surface area contributed by atoms with E-state index < -0.39 is 0 Å². The third kappa shape index (κ3) is 2.42. The lowest BCUT2D eigenvalue weighted by Crippen LogP contribution is -2.64. The Balaban J connectivity index is 2.12. The van der Waals surface area contributed by atoms with Gasteiger partial charge in [0.15, 0.2) is 6.21 Å². The Bertz CT molecular complexity index is 633. The Morgan fingerprint density at radius 2 is 2.00 bits per heavy atom. The summed E-state index contributed by atoms with van der Waals surface area (Å²) in [5.74, 6) is 0. The van der Waals surface area contributed by atoms with E-state index >= 15 is 0 Å². The molecule has 0 saturated heterocycles. The molecule has 1 aliphatic heterocycles.